The molecule has 0 aliphatic carbocycles. The third-order valence-corrected chi connectivity index (χ3v) is 4.10. The van der Waals surface area contributed by atoms with E-state index in [9.17, 15) is 0 Å². The Hall–Kier alpha value is -3.66. The van der Waals surface area contributed by atoms with Gasteiger partial charge in [0.15, 0.2) is 0 Å². The van der Waals surface area contributed by atoms with Gasteiger partial charge in [-0.15, -0.1) is 0 Å². The Balaban J connectivity index is 1.64. The van der Waals surface area contributed by atoms with Crippen LogP contribution in [0.2, 0.25) is 0 Å². The van der Waals surface area contributed by atoms with Crippen LogP contribution in [0.25, 0.3) is 27.8 Å². The molecule has 0 atom stereocenters. The topological polar surface area (TPSA) is 39.9 Å². The average Bonchev–Trinajstić information content (AvgIpc) is 3.22. The van der Waals surface area contributed by atoms with Gasteiger partial charge < -0.3 is 9.30 Å². The Kier molecular flexibility index (Phi) is 4.07. The predicted molar refractivity (Wildman–Crippen MR) is 104 cm³/mol. The number of hydrogen-bond donors (Lipinski definition) is 0. The highest BCUT2D eigenvalue weighted by atomic mass is 16.5. The lowest BCUT2D eigenvalue weighted by Crippen LogP contribution is -1.92. The molecule has 0 saturated heterocycles. The fourth-order valence-corrected chi connectivity index (χ4v) is 2.73. The van der Waals surface area contributed by atoms with Crippen LogP contribution in [0.3, 0.4) is 0 Å². The van der Waals surface area contributed by atoms with Crippen molar-refractivity contribution in [2.75, 3.05) is 0 Å². The van der Waals surface area contributed by atoms with Crippen molar-refractivity contribution in [3.05, 3.63) is 98.3 Å². The van der Waals surface area contributed by atoms with E-state index in [1.807, 2.05) is 53.2 Å². The van der Waals surface area contributed by atoms with E-state index >= 15 is 0 Å². The number of allylic oxidation sites excluding steroid dienone is 1. The third kappa shape index (κ3) is 3.13. The Labute approximate surface area is 151 Å². The van der Waals surface area contributed by atoms with Crippen molar-refractivity contribution < 1.29 is 4.74 Å². The van der Waals surface area contributed by atoms with Gasteiger partial charge in [-0.3, -0.25) is 0 Å². The molecule has 4 nitrogen and oxygen atoms in total. The molecule has 0 unspecified atom stereocenters. The van der Waals surface area contributed by atoms with E-state index in [2.05, 4.69) is 30.3 Å². The molecule has 0 radical (unpaired) electrons. The molecule has 2 heterocycles. The highest BCUT2D eigenvalue weighted by Crippen LogP contribution is 2.25. The molecule has 0 saturated carbocycles. The van der Waals surface area contributed by atoms with Crippen LogP contribution in [-0.2, 0) is 0 Å². The number of hydrogen-bond acceptors (Lipinski definition) is 3. The Morgan fingerprint density at radius 3 is 2.62 bits per heavy atom. The zero-order valence-corrected chi connectivity index (χ0v) is 14.2. The van der Waals surface area contributed by atoms with E-state index in [-0.39, 0.29) is 0 Å². The van der Waals surface area contributed by atoms with Crippen LogP contribution in [0.1, 0.15) is 0 Å². The Morgan fingerprint density at radius 1 is 1.04 bits per heavy atom. The van der Waals surface area contributed by atoms with Crippen LogP contribution in [-0.4, -0.2) is 14.5 Å². The first-order valence-corrected chi connectivity index (χ1v) is 8.22. The summed E-state index contributed by atoms with van der Waals surface area (Å²) in [6, 6.07) is 18.1. The minimum Gasteiger partial charge on any atom is -0.458 e. The summed E-state index contributed by atoms with van der Waals surface area (Å²) in [4.78, 5) is 8.86. The summed E-state index contributed by atoms with van der Waals surface area (Å²) in [5.41, 5.74) is 3.96. The van der Waals surface area contributed by atoms with Crippen LogP contribution in [0, 0.1) is 0 Å². The number of nitrogens with zero attached hydrogens (tertiary/aromatic N) is 3. The summed E-state index contributed by atoms with van der Waals surface area (Å²) in [5.74, 6) is 1.25. The summed E-state index contributed by atoms with van der Waals surface area (Å²) in [5, 5.41) is 1.09. The lowest BCUT2D eigenvalue weighted by atomic mass is 10.1. The molecule has 0 bridgehead atoms. The van der Waals surface area contributed by atoms with Gasteiger partial charge in [0.1, 0.15) is 11.5 Å². The number of fused-ring (bicyclic) bond motifs is 1. The Morgan fingerprint density at radius 2 is 1.88 bits per heavy atom. The van der Waals surface area contributed by atoms with E-state index in [4.69, 9.17) is 9.72 Å². The van der Waals surface area contributed by atoms with Crippen molar-refractivity contribution in [3.8, 4) is 22.7 Å². The van der Waals surface area contributed by atoms with Gasteiger partial charge in [0, 0.05) is 29.0 Å². The maximum absolute atomic E-state index is 5.53. The van der Waals surface area contributed by atoms with Crippen molar-refractivity contribution in [3.63, 3.8) is 0 Å². The van der Waals surface area contributed by atoms with Gasteiger partial charge in [-0.05, 0) is 54.6 Å². The molecular weight excluding hydrogens is 322 g/mol. The van der Waals surface area contributed by atoms with Crippen LogP contribution < -0.4 is 4.74 Å². The molecule has 4 rings (SSSR count). The molecule has 0 N–H and O–H groups in total. The van der Waals surface area contributed by atoms with Gasteiger partial charge in [-0.25, -0.2) is 9.97 Å². The fraction of sp³-hybridized carbons (Fsp3) is 0. The lowest BCUT2D eigenvalue weighted by molar-refractivity contribution is 0.447. The zero-order valence-electron chi connectivity index (χ0n) is 14.2. The summed E-state index contributed by atoms with van der Waals surface area (Å²) in [6.07, 6.45) is 7.06. The molecule has 2 aromatic heterocycles. The minimum absolute atomic E-state index is 0.523. The molecule has 126 valence electrons. The molecular formula is C22H17N3O. The lowest BCUT2D eigenvalue weighted by Gasteiger charge is -2.08. The van der Waals surface area contributed by atoms with Gasteiger partial charge in [-0.1, -0.05) is 19.2 Å². The number of ether oxygens (including phenoxy) is 1. The maximum atomic E-state index is 5.53. The molecule has 0 aliphatic heterocycles. The van der Waals surface area contributed by atoms with Crippen molar-refractivity contribution >= 4 is 10.9 Å². The number of aromatic nitrogens is 3. The predicted octanol–water partition coefficient (Wildman–Crippen LogP) is 5.17. The summed E-state index contributed by atoms with van der Waals surface area (Å²) >= 11 is 0. The van der Waals surface area contributed by atoms with Crippen molar-refractivity contribution in [1.29, 1.82) is 0 Å². The van der Waals surface area contributed by atoms with Gasteiger partial charge >= 0.3 is 0 Å². The Bertz CT molecular complexity index is 1080. The number of benzene rings is 2. The number of pyridine rings is 1. The second-order valence-corrected chi connectivity index (χ2v) is 5.84. The summed E-state index contributed by atoms with van der Waals surface area (Å²) in [7, 11) is 0. The van der Waals surface area contributed by atoms with Crippen molar-refractivity contribution in [2.24, 2.45) is 0 Å². The van der Waals surface area contributed by atoms with E-state index < -0.39 is 0 Å². The van der Waals surface area contributed by atoms with Crippen LogP contribution in [0.15, 0.2) is 98.3 Å². The van der Waals surface area contributed by atoms with Gasteiger partial charge in [0.05, 0.1) is 17.5 Å². The average molecular weight is 339 g/mol. The molecule has 2 aromatic carbocycles. The fourth-order valence-electron chi connectivity index (χ4n) is 2.73. The van der Waals surface area contributed by atoms with E-state index in [0.717, 1.165) is 33.6 Å². The smallest absolute Gasteiger partial charge is 0.127 e. The van der Waals surface area contributed by atoms with Gasteiger partial charge in [0.2, 0.25) is 0 Å². The van der Waals surface area contributed by atoms with Crippen molar-refractivity contribution in [1.82, 2.24) is 14.5 Å². The third-order valence-electron chi connectivity index (χ3n) is 4.10. The zero-order chi connectivity index (χ0) is 17.9. The molecule has 26 heavy (non-hydrogen) atoms. The van der Waals surface area contributed by atoms with E-state index in [0.29, 0.717) is 5.76 Å². The first-order chi connectivity index (χ1) is 12.7. The number of imidazole rings is 1. The standard InChI is InChI=1S/C22H17N3O/c1-3-16(2)26-20-8-4-17(5-9-20)21-10-6-18-14-19(7-11-22(18)24-21)25-13-12-23-15-25/h3-15H,1-2H2. The van der Waals surface area contributed by atoms with Gasteiger partial charge in [0.25, 0.3) is 0 Å². The normalized spacial score (nSPS) is 10.6. The SMILES string of the molecule is C=CC(=C)Oc1ccc(-c2ccc3cc(-n4ccnc4)ccc3n2)cc1. The van der Waals surface area contributed by atoms with Crippen LogP contribution in [0.4, 0.5) is 0 Å². The number of rotatable bonds is 5. The molecule has 4 heteroatoms. The monoisotopic (exact) mass is 339 g/mol. The largest absolute Gasteiger partial charge is 0.458 e. The highest BCUT2D eigenvalue weighted by Gasteiger charge is 2.04. The van der Waals surface area contributed by atoms with Gasteiger partial charge in [-0.2, -0.15) is 0 Å². The first kappa shape index (κ1) is 15.8. The molecule has 0 fully saturated rings. The summed E-state index contributed by atoms with van der Waals surface area (Å²) in [6.45, 7) is 7.38. The van der Waals surface area contributed by atoms with E-state index in [1.54, 1.807) is 18.6 Å². The molecule has 0 spiro atoms. The van der Waals surface area contributed by atoms with Crippen molar-refractivity contribution in [2.45, 2.75) is 0 Å². The van der Waals surface area contributed by atoms with Crippen LogP contribution in [0.5, 0.6) is 5.75 Å². The minimum atomic E-state index is 0.523. The first-order valence-electron chi connectivity index (χ1n) is 8.22. The second kappa shape index (κ2) is 6.69. The molecule has 0 aliphatic rings. The van der Waals surface area contributed by atoms with E-state index in [1.165, 1.54) is 0 Å². The maximum Gasteiger partial charge on any atom is 0.127 e. The second-order valence-electron chi connectivity index (χ2n) is 5.84. The quantitative estimate of drug-likeness (QED) is 0.372. The molecule has 0 amide bonds. The van der Waals surface area contributed by atoms with Crippen LogP contribution >= 0.6 is 0 Å². The molecule has 4 aromatic rings. The summed E-state index contributed by atoms with van der Waals surface area (Å²) < 4.78 is 7.51. The highest BCUT2D eigenvalue weighted by molar-refractivity contribution is 5.83.